The molecule has 0 unspecified atom stereocenters. The van der Waals surface area contributed by atoms with Gasteiger partial charge in [0.05, 0.1) is 0 Å². The quantitative estimate of drug-likeness (QED) is 0.763. The Kier molecular flexibility index (Phi) is 4.66. The second-order valence-corrected chi connectivity index (χ2v) is 6.84. The number of hydrogen-bond donors (Lipinski definition) is 1. The van der Waals surface area contributed by atoms with Crippen molar-refractivity contribution in [2.45, 2.75) is 27.2 Å². The second kappa shape index (κ2) is 6.88. The molecule has 0 radical (unpaired) electrons. The van der Waals surface area contributed by atoms with E-state index in [0.29, 0.717) is 28.3 Å². The normalized spacial score (nSPS) is 11.0. The first-order valence-corrected chi connectivity index (χ1v) is 8.37. The lowest BCUT2D eigenvalue weighted by Crippen LogP contribution is -2.11. The van der Waals surface area contributed by atoms with Crippen molar-refractivity contribution in [3.8, 4) is 11.5 Å². The van der Waals surface area contributed by atoms with Gasteiger partial charge in [-0.15, -0.1) is 10.2 Å². The Balaban J connectivity index is 1.68. The molecule has 0 atom stereocenters. The van der Waals surface area contributed by atoms with Crippen LogP contribution in [-0.2, 0) is 6.42 Å². The maximum absolute atomic E-state index is 12.3. The zero-order chi connectivity index (χ0) is 17.1. The van der Waals surface area contributed by atoms with Crippen molar-refractivity contribution < 1.29 is 9.32 Å². The van der Waals surface area contributed by atoms with Gasteiger partial charge in [0, 0.05) is 17.5 Å². The lowest BCUT2D eigenvalue weighted by Gasteiger charge is -2.02. The van der Waals surface area contributed by atoms with Crippen LogP contribution in [-0.4, -0.2) is 26.2 Å². The summed E-state index contributed by atoms with van der Waals surface area (Å²) in [5.74, 6) is 1.28. The summed E-state index contributed by atoms with van der Waals surface area (Å²) in [5.41, 5.74) is 1.29. The molecule has 8 heteroatoms. The van der Waals surface area contributed by atoms with E-state index in [1.165, 1.54) is 11.3 Å². The van der Waals surface area contributed by atoms with Crippen LogP contribution in [0.4, 0.5) is 5.13 Å². The molecule has 124 valence electrons. The molecule has 0 fully saturated rings. The van der Waals surface area contributed by atoms with Crippen LogP contribution in [0.1, 0.15) is 35.0 Å². The van der Waals surface area contributed by atoms with Gasteiger partial charge in [0.15, 0.2) is 5.82 Å². The maximum atomic E-state index is 12.3. The zero-order valence-corrected chi connectivity index (χ0v) is 14.4. The number of carbonyl (C=O) groups is 1. The smallest absolute Gasteiger partial charge is 0.257 e. The molecule has 0 spiro atoms. The minimum Gasteiger partial charge on any atom is -0.334 e. The Hall–Kier alpha value is -2.61. The fourth-order valence-electron chi connectivity index (χ4n) is 2.08. The number of benzene rings is 1. The molecule has 0 aliphatic heterocycles. The number of rotatable bonds is 5. The molecule has 0 aliphatic rings. The minimum absolute atomic E-state index is 0.226. The van der Waals surface area contributed by atoms with Gasteiger partial charge in [-0.2, -0.15) is 4.98 Å². The highest BCUT2D eigenvalue weighted by Gasteiger charge is 2.12. The predicted octanol–water partition coefficient (Wildman–Crippen LogP) is 3.35. The van der Waals surface area contributed by atoms with Crippen molar-refractivity contribution in [3.63, 3.8) is 0 Å². The van der Waals surface area contributed by atoms with E-state index in [1.807, 2.05) is 0 Å². The molecule has 0 aliphatic carbocycles. The number of hydrogen-bond acceptors (Lipinski definition) is 7. The summed E-state index contributed by atoms with van der Waals surface area (Å²) in [6, 6.07) is 6.96. The standard InChI is InChI=1S/C16H17N5O2S/c1-9(2)8-13-19-20-16(24-13)18-14(22)11-4-6-12(7-5-11)15-17-10(3)21-23-15/h4-7,9H,8H2,1-3H3,(H,18,20,22). The minimum atomic E-state index is -0.226. The van der Waals surface area contributed by atoms with Crippen LogP contribution in [0.2, 0.25) is 0 Å². The Morgan fingerprint density at radius 1 is 1.25 bits per heavy atom. The van der Waals surface area contributed by atoms with Crippen LogP contribution in [0.3, 0.4) is 0 Å². The van der Waals surface area contributed by atoms with Gasteiger partial charge in [0.1, 0.15) is 5.01 Å². The summed E-state index contributed by atoms with van der Waals surface area (Å²) in [6.07, 6.45) is 0.853. The first kappa shape index (κ1) is 16.3. The van der Waals surface area contributed by atoms with Gasteiger partial charge in [-0.1, -0.05) is 30.3 Å². The Morgan fingerprint density at radius 2 is 2.00 bits per heavy atom. The lowest BCUT2D eigenvalue weighted by atomic mass is 10.1. The van der Waals surface area contributed by atoms with Crippen molar-refractivity contribution in [2.24, 2.45) is 5.92 Å². The van der Waals surface area contributed by atoms with Crippen LogP contribution >= 0.6 is 11.3 Å². The van der Waals surface area contributed by atoms with E-state index < -0.39 is 0 Å². The van der Waals surface area contributed by atoms with Gasteiger partial charge >= 0.3 is 0 Å². The fraction of sp³-hybridized carbons (Fsp3) is 0.312. The second-order valence-electron chi connectivity index (χ2n) is 5.78. The Morgan fingerprint density at radius 3 is 2.62 bits per heavy atom. The third-order valence-electron chi connectivity index (χ3n) is 3.19. The summed E-state index contributed by atoms with van der Waals surface area (Å²) in [6.45, 7) is 5.99. The molecule has 2 aromatic heterocycles. The van der Waals surface area contributed by atoms with Gasteiger partial charge in [0.2, 0.25) is 5.13 Å². The van der Waals surface area contributed by atoms with Crippen LogP contribution in [0, 0.1) is 12.8 Å². The van der Waals surface area contributed by atoms with E-state index in [1.54, 1.807) is 31.2 Å². The van der Waals surface area contributed by atoms with Crippen molar-refractivity contribution >= 4 is 22.4 Å². The first-order chi connectivity index (χ1) is 11.5. The van der Waals surface area contributed by atoms with Crippen molar-refractivity contribution in [1.29, 1.82) is 0 Å². The molecular formula is C16H17N5O2S. The molecular weight excluding hydrogens is 326 g/mol. The number of nitrogens with zero attached hydrogens (tertiary/aromatic N) is 4. The summed E-state index contributed by atoms with van der Waals surface area (Å²) < 4.78 is 5.10. The highest BCUT2D eigenvalue weighted by molar-refractivity contribution is 7.15. The molecule has 0 saturated heterocycles. The predicted molar refractivity (Wildman–Crippen MR) is 90.9 cm³/mol. The average Bonchev–Trinajstić information content (AvgIpc) is 3.16. The number of aryl methyl sites for hydroxylation is 1. The van der Waals surface area contributed by atoms with Gasteiger partial charge in [-0.25, -0.2) is 0 Å². The summed E-state index contributed by atoms with van der Waals surface area (Å²) in [5, 5.41) is 16.0. The number of carbonyl (C=O) groups excluding carboxylic acids is 1. The third kappa shape index (κ3) is 3.83. The summed E-state index contributed by atoms with van der Waals surface area (Å²) in [7, 11) is 0. The maximum Gasteiger partial charge on any atom is 0.257 e. The topological polar surface area (TPSA) is 93.8 Å². The fourth-order valence-corrected chi connectivity index (χ4v) is 3.03. The lowest BCUT2D eigenvalue weighted by molar-refractivity contribution is 0.102. The van der Waals surface area contributed by atoms with E-state index in [0.717, 1.165) is 17.0 Å². The van der Waals surface area contributed by atoms with E-state index in [9.17, 15) is 4.79 Å². The Labute approximate surface area is 143 Å². The molecule has 3 rings (SSSR count). The molecule has 24 heavy (non-hydrogen) atoms. The number of aromatic nitrogens is 4. The summed E-state index contributed by atoms with van der Waals surface area (Å²) in [4.78, 5) is 16.4. The first-order valence-electron chi connectivity index (χ1n) is 7.55. The zero-order valence-electron chi connectivity index (χ0n) is 13.6. The van der Waals surface area contributed by atoms with Gasteiger partial charge < -0.3 is 4.52 Å². The van der Waals surface area contributed by atoms with Crippen molar-refractivity contribution in [3.05, 3.63) is 40.7 Å². The number of amides is 1. The van der Waals surface area contributed by atoms with E-state index in [2.05, 4.69) is 39.5 Å². The highest BCUT2D eigenvalue weighted by atomic mass is 32.1. The molecule has 7 nitrogen and oxygen atoms in total. The third-order valence-corrected chi connectivity index (χ3v) is 4.05. The molecule has 1 aromatic carbocycles. The van der Waals surface area contributed by atoms with Crippen molar-refractivity contribution in [2.75, 3.05) is 5.32 Å². The number of anilines is 1. The molecule has 2 heterocycles. The summed E-state index contributed by atoms with van der Waals surface area (Å²) >= 11 is 1.40. The molecule has 1 N–H and O–H groups in total. The molecule has 0 bridgehead atoms. The van der Waals surface area contributed by atoms with Gasteiger partial charge in [-0.05, 0) is 37.1 Å². The van der Waals surface area contributed by atoms with E-state index in [4.69, 9.17) is 4.52 Å². The van der Waals surface area contributed by atoms with Gasteiger partial charge in [0.25, 0.3) is 11.8 Å². The van der Waals surface area contributed by atoms with E-state index >= 15 is 0 Å². The Bertz CT molecular complexity index is 838. The SMILES string of the molecule is Cc1noc(-c2ccc(C(=O)Nc3nnc(CC(C)C)s3)cc2)n1. The molecule has 3 aromatic rings. The van der Waals surface area contributed by atoms with E-state index in [-0.39, 0.29) is 5.91 Å². The van der Waals surface area contributed by atoms with Crippen molar-refractivity contribution in [1.82, 2.24) is 20.3 Å². The highest BCUT2D eigenvalue weighted by Crippen LogP contribution is 2.20. The average molecular weight is 343 g/mol. The monoisotopic (exact) mass is 343 g/mol. The molecule has 0 saturated carbocycles. The van der Waals surface area contributed by atoms with Crippen LogP contribution in [0.15, 0.2) is 28.8 Å². The largest absolute Gasteiger partial charge is 0.334 e. The number of nitrogens with one attached hydrogen (secondary N) is 1. The molecule has 1 amide bonds. The van der Waals surface area contributed by atoms with Crippen LogP contribution < -0.4 is 5.32 Å². The van der Waals surface area contributed by atoms with Gasteiger partial charge in [-0.3, -0.25) is 10.1 Å². The van der Waals surface area contributed by atoms with Crippen LogP contribution in [0.5, 0.6) is 0 Å². The van der Waals surface area contributed by atoms with Crippen LogP contribution in [0.25, 0.3) is 11.5 Å².